The molecule has 1 aliphatic carbocycles. The summed E-state index contributed by atoms with van der Waals surface area (Å²) in [4.78, 5) is 16.2. The summed E-state index contributed by atoms with van der Waals surface area (Å²) in [6.07, 6.45) is 11.6. The standard InChI is InChI=1S/C26H33NO4S/c1-29-25-17-20(11-13-24(25)31-19-22-9-4-5-15-30-22)18-27(21-7-2-3-8-21)26(28)14-12-23-10-6-16-32-23/h6,10-14,16-17,21-22H,2-5,7-9,15,18-19H2,1H3/b14-12+/t22-/m1/s1. The van der Waals surface area contributed by atoms with E-state index in [0.717, 1.165) is 48.5 Å². The first kappa shape index (κ1) is 22.9. The summed E-state index contributed by atoms with van der Waals surface area (Å²) >= 11 is 1.64. The van der Waals surface area contributed by atoms with Gasteiger partial charge in [0.05, 0.1) is 13.2 Å². The molecule has 6 heteroatoms. The molecule has 1 saturated carbocycles. The number of hydrogen-bond donors (Lipinski definition) is 0. The summed E-state index contributed by atoms with van der Waals surface area (Å²) in [5, 5.41) is 2.02. The Morgan fingerprint density at radius 3 is 2.72 bits per heavy atom. The fraction of sp³-hybridized carbons (Fsp3) is 0.500. The molecular formula is C26H33NO4S. The van der Waals surface area contributed by atoms with E-state index in [9.17, 15) is 4.79 Å². The van der Waals surface area contributed by atoms with E-state index in [2.05, 4.69) is 0 Å². The van der Waals surface area contributed by atoms with Gasteiger partial charge in [-0.1, -0.05) is 25.0 Å². The Labute approximate surface area is 195 Å². The summed E-state index contributed by atoms with van der Waals surface area (Å²) in [5.41, 5.74) is 1.05. The van der Waals surface area contributed by atoms with Gasteiger partial charge in [-0.2, -0.15) is 0 Å². The number of carbonyl (C=O) groups is 1. The predicted octanol–water partition coefficient (Wildman–Crippen LogP) is 5.69. The van der Waals surface area contributed by atoms with Gasteiger partial charge in [-0.25, -0.2) is 0 Å². The van der Waals surface area contributed by atoms with E-state index in [1.165, 1.54) is 19.3 Å². The first-order chi connectivity index (χ1) is 15.7. The lowest BCUT2D eigenvalue weighted by atomic mass is 10.1. The molecule has 2 heterocycles. The molecule has 1 atom stereocenters. The van der Waals surface area contributed by atoms with Crippen LogP contribution >= 0.6 is 11.3 Å². The Balaban J connectivity index is 1.44. The van der Waals surface area contributed by atoms with Crippen molar-refractivity contribution in [1.82, 2.24) is 4.90 Å². The van der Waals surface area contributed by atoms with Gasteiger partial charge in [0.15, 0.2) is 11.5 Å². The Hall–Kier alpha value is -2.31. The van der Waals surface area contributed by atoms with Crippen molar-refractivity contribution in [2.75, 3.05) is 20.3 Å². The number of carbonyl (C=O) groups excluding carboxylic acids is 1. The van der Waals surface area contributed by atoms with Crippen molar-refractivity contribution in [3.05, 3.63) is 52.2 Å². The quantitative estimate of drug-likeness (QED) is 0.456. The molecule has 4 rings (SSSR count). The molecule has 0 N–H and O–H groups in total. The number of thiophene rings is 1. The van der Waals surface area contributed by atoms with E-state index < -0.39 is 0 Å². The fourth-order valence-electron chi connectivity index (χ4n) is 4.49. The van der Waals surface area contributed by atoms with Crippen LogP contribution in [0.4, 0.5) is 0 Å². The number of ether oxygens (including phenoxy) is 3. The first-order valence-corrected chi connectivity index (χ1v) is 12.5. The third kappa shape index (κ3) is 6.14. The second-order valence-electron chi connectivity index (χ2n) is 8.54. The highest BCUT2D eigenvalue weighted by molar-refractivity contribution is 7.10. The zero-order valence-corrected chi connectivity index (χ0v) is 19.6. The maximum Gasteiger partial charge on any atom is 0.247 e. The summed E-state index contributed by atoms with van der Waals surface area (Å²) in [7, 11) is 1.66. The Morgan fingerprint density at radius 1 is 1.16 bits per heavy atom. The highest BCUT2D eigenvalue weighted by Gasteiger charge is 2.26. The molecule has 1 amide bonds. The zero-order valence-electron chi connectivity index (χ0n) is 18.8. The van der Waals surface area contributed by atoms with E-state index >= 15 is 0 Å². The fourth-order valence-corrected chi connectivity index (χ4v) is 5.10. The van der Waals surface area contributed by atoms with Gasteiger partial charge < -0.3 is 19.1 Å². The molecule has 172 valence electrons. The topological polar surface area (TPSA) is 48.0 Å². The maximum absolute atomic E-state index is 13.1. The Kier molecular flexibility index (Phi) is 8.24. The molecule has 1 aromatic carbocycles. The van der Waals surface area contributed by atoms with Crippen LogP contribution in [-0.4, -0.2) is 43.3 Å². The molecule has 2 aromatic rings. The second-order valence-corrected chi connectivity index (χ2v) is 9.52. The summed E-state index contributed by atoms with van der Waals surface area (Å²) in [6, 6.07) is 10.3. The van der Waals surface area contributed by atoms with Crippen molar-refractivity contribution in [1.29, 1.82) is 0 Å². The highest BCUT2D eigenvalue weighted by atomic mass is 32.1. The van der Waals surface area contributed by atoms with Crippen molar-refractivity contribution in [3.8, 4) is 11.5 Å². The van der Waals surface area contributed by atoms with Gasteiger partial charge in [-0.05, 0) is 67.3 Å². The maximum atomic E-state index is 13.1. The van der Waals surface area contributed by atoms with Gasteiger partial charge in [-0.15, -0.1) is 11.3 Å². The first-order valence-electron chi connectivity index (χ1n) is 11.7. The molecule has 2 aliphatic rings. The van der Waals surface area contributed by atoms with Gasteiger partial charge in [0.1, 0.15) is 6.61 Å². The Morgan fingerprint density at radius 2 is 2.00 bits per heavy atom. The van der Waals surface area contributed by atoms with E-state index in [0.29, 0.717) is 24.9 Å². The molecule has 0 bridgehead atoms. The number of nitrogens with zero attached hydrogens (tertiary/aromatic N) is 1. The van der Waals surface area contributed by atoms with E-state index in [-0.39, 0.29) is 12.0 Å². The third-order valence-electron chi connectivity index (χ3n) is 6.26. The summed E-state index contributed by atoms with van der Waals surface area (Å²) in [6.45, 7) is 1.92. The van der Waals surface area contributed by atoms with E-state index in [1.807, 2.05) is 46.7 Å². The zero-order chi connectivity index (χ0) is 22.2. The molecule has 1 aliphatic heterocycles. The van der Waals surface area contributed by atoms with Crippen LogP contribution in [0.2, 0.25) is 0 Å². The lowest BCUT2D eigenvalue weighted by molar-refractivity contribution is -0.128. The minimum Gasteiger partial charge on any atom is -0.493 e. The number of rotatable bonds is 9. The van der Waals surface area contributed by atoms with Crippen LogP contribution < -0.4 is 9.47 Å². The number of benzene rings is 1. The van der Waals surface area contributed by atoms with Gasteiger partial charge in [-0.3, -0.25) is 4.79 Å². The largest absolute Gasteiger partial charge is 0.493 e. The normalized spacial score (nSPS) is 19.3. The number of methoxy groups -OCH3 is 1. The smallest absolute Gasteiger partial charge is 0.247 e. The summed E-state index contributed by atoms with van der Waals surface area (Å²) < 4.78 is 17.4. The van der Waals surface area contributed by atoms with Crippen LogP contribution in [0.5, 0.6) is 11.5 Å². The van der Waals surface area contributed by atoms with Crippen molar-refractivity contribution in [3.63, 3.8) is 0 Å². The molecular weight excluding hydrogens is 422 g/mol. The monoisotopic (exact) mass is 455 g/mol. The minimum absolute atomic E-state index is 0.0686. The molecule has 0 unspecified atom stereocenters. The lowest BCUT2D eigenvalue weighted by Crippen LogP contribution is -2.37. The van der Waals surface area contributed by atoms with Crippen LogP contribution in [-0.2, 0) is 16.1 Å². The van der Waals surface area contributed by atoms with Crippen LogP contribution in [0, 0.1) is 0 Å². The number of amides is 1. The SMILES string of the molecule is COc1cc(CN(C(=O)/C=C/c2cccs2)C2CCCC2)ccc1OC[C@H]1CCCCO1. The van der Waals surface area contributed by atoms with Gasteiger partial charge in [0.25, 0.3) is 0 Å². The molecule has 0 spiro atoms. The number of hydrogen-bond acceptors (Lipinski definition) is 5. The van der Waals surface area contributed by atoms with Crippen LogP contribution in [0.1, 0.15) is 55.4 Å². The van der Waals surface area contributed by atoms with Gasteiger partial charge in [0.2, 0.25) is 5.91 Å². The van der Waals surface area contributed by atoms with Crippen molar-refractivity contribution in [2.24, 2.45) is 0 Å². The minimum atomic E-state index is 0.0686. The van der Waals surface area contributed by atoms with Crippen molar-refractivity contribution in [2.45, 2.75) is 63.6 Å². The van der Waals surface area contributed by atoms with Crippen molar-refractivity contribution < 1.29 is 19.0 Å². The highest BCUT2D eigenvalue weighted by Crippen LogP contribution is 2.31. The van der Waals surface area contributed by atoms with Crippen LogP contribution in [0.3, 0.4) is 0 Å². The van der Waals surface area contributed by atoms with Crippen LogP contribution in [0.15, 0.2) is 41.8 Å². The molecule has 1 saturated heterocycles. The van der Waals surface area contributed by atoms with E-state index in [1.54, 1.807) is 24.5 Å². The van der Waals surface area contributed by atoms with Gasteiger partial charge >= 0.3 is 0 Å². The predicted molar refractivity (Wildman–Crippen MR) is 128 cm³/mol. The molecule has 0 radical (unpaired) electrons. The third-order valence-corrected chi connectivity index (χ3v) is 7.10. The molecule has 32 heavy (non-hydrogen) atoms. The molecule has 2 fully saturated rings. The average molecular weight is 456 g/mol. The lowest BCUT2D eigenvalue weighted by Gasteiger charge is -2.28. The summed E-state index contributed by atoms with van der Waals surface area (Å²) in [5.74, 6) is 1.49. The molecule has 5 nitrogen and oxygen atoms in total. The second kappa shape index (κ2) is 11.5. The van der Waals surface area contributed by atoms with Crippen LogP contribution in [0.25, 0.3) is 6.08 Å². The van der Waals surface area contributed by atoms with Crippen molar-refractivity contribution >= 4 is 23.3 Å². The Bertz CT molecular complexity index is 883. The van der Waals surface area contributed by atoms with E-state index in [4.69, 9.17) is 14.2 Å². The average Bonchev–Trinajstić information content (AvgIpc) is 3.55. The molecule has 1 aromatic heterocycles. The van der Waals surface area contributed by atoms with Gasteiger partial charge in [0, 0.05) is 30.1 Å².